The maximum atomic E-state index is 12.9. The summed E-state index contributed by atoms with van der Waals surface area (Å²) < 4.78 is 12.1. The van der Waals surface area contributed by atoms with Gasteiger partial charge in [-0.3, -0.25) is 14.3 Å². The second kappa shape index (κ2) is 6.94. The Morgan fingerprint density at radius 2 is 1.89 bits per heavy atom. The molecule has 2 amide bonds. The Labute approximate surface area is 158 Å². The Kier molecular flexibility index (Phi) is 4.82. The van der Waals surface area contributed by atoms with Gasteiger partial charge in [-0.1, -0.05) is 0 Å². The summed E-state index contributed by atoms with van der Waals surface area (Å²) in [5.74, 6) is 0.607. The molecule has 1 aromatic heterocycles. The predicted octanol–water partition coefficient (Wildman–Crippen LogP) is 1.99. The standard InChI is InChI=1S/C19H24N4O4/c1-12-10-14(21-22(12)3)17(24)23-9-8-19(23,2)18(25)20-13-6-7-15(26-4)16(11-13)27-5/h6-7,10-11H,8-9H2,1-5H3,(H,20,25). The molecule has 1 N–H and O–H groups in total. The molecule has 144 valence electrons. The van der Waals surface area contributed by atoms with Crippen molar-refractivity contribution in [2.45, 2.75) is 25.8 Å². The lowest BCUT2D eigenvalue weighted by Gasteiger charge is -2.48. The number of aryl methyl sites for hydroxylation is 2. The molecular formula is C19H24N4O4. The van der Waals surface area contributed by atoms with Crippen LogP contribution in [0.1, 0.15) is 29.5 Å². The molecule has 1 fully saturated rings. The summed E-state index contributed by atoms with van der Waals surface area (Å²) in [5.41, 5.74) is 0.886. The van der Waals surface area contributed by atoms with Crippen LogP contribution in [-0.2, 0) is 11.8 Å². The number of rotatable bonds is 5. The molecule has 0 radical (unpaired) electrons. The third-order valence-corrected chi connectivity index (χ3v) is 5.13. The van der Waals surface area contributed by atoms with Crippen LogP contribution in [0.4, 0.5) is 5.69 Å². The number of likely N-dealkylation sites (tertiary alicyclic amines) is 1. The molecule has 2 heterocycles. The van der Waals surface area contributed by atoms with E-state index in [1.165, 1.54) is 7.11 Å². The minimum absolute atomic E-state index is 0.241. The third-order valence-electron chi connectivity index (χ3n) is 5.13. The SMILES string of the molecule is COc1ccc(NC(=O)C2(C)CCN2C(=O)c2cc(C)n(C)n2)cc1OC. The van der Waals surface area contributed by atoms with Crippen LogP contribution in [0, 0.1) is 6.92 Å². The van der Waals surface area contributed by atoms with Gasteiger partial charge in [-0.25, -0.2) is 0 Å². The van der Waals surface area contributed by atoms with Crippen LogP contribution in [0.3, 0.4) is 0 Å². The first kappa shape index (κ1) is 18.8. The van der Waals surface area contributed by atoms with Gasteiger partial charge >= 0.3 is 0 Å². The Morgan fingerprint density at radius 1 is 1.19 bits per heavy atom. The van der Waals surface area contributed by atoms with Crippen molar-refractivity contribution < 1.29 is 19.1 Å². The normalized spacial score (nSPS) is 18.6. The fourth-order valence-corrected chi connectivity index (χ4v) is 3.10. The average Bonchev–Trinajstić information content (AvgIpc) is 2.98. The van der Waals surface area contributed by atoms with Gasteiger partial charge in [0.25, 0.3) is 5.91 Å². The molecule has 27 heavy (non-hydrogen) atoms. The molecule has 1 aromatic carbocycles. The van der Waals surface area contributed by atoms with Crippen molar-refractivity contribution in [3.63, 3.8) is 0 Å². The average molecular weight is 372 g/mol. The molecule has 1 atom stereocenters. The van der Waals surface area contributed by atoms with Gasteiger partial charge in [0.15, 0.2) is 17.2 Å². The fourth-order valence-electron chi connectivity index (χ4n) is 3.10. The van der Waals surface area contributed by atoms with E-state index >= 15 is 0 Å². The summed E-state index contributed by atoms with van der Waals surface area (Å²) >= 11 is 0. The molecule has 0 saturated carbocycles. The van der Waals surface area contributed by atoms with Crippen LogP contribution in [0.5, 0.6) is 11.5 Å². The van der Waals surface area contributed by atoms with Crippen molar-refractivity contribution in [1.82, 2.24) is 14.7 Å². The number of benzene rings is 1. The molecule has 1 unspecified atom stereocenters. The number of nitrogens with one attached hydrogen (secondary N) is 1. The van der Waals surface area contributed by atoms with E-state index in [1.54, 1.807) is 54.9 Å². The zero-order chi connectivity index (χ0) is 19.8. The molecule has 3 rings (SSSR count). The maximum Gasteiger partial charge on any atom is 0.275 e. The van der Waals surface area contributed by atoms with Crippen LogP contribution >= 0.6 is 0 Å². The molecule has 0 spiro atoms. The number of anilines is 1. The molecule has 8 heteroatoms. The summed E-state index contributed by atoms with van der Waals surface area (Å²) in [5, 5.41) is 7.10. The second-order valence-corrected chi connectivity index (χ2v) is 6.80. The van der Waals surface area contributed by atoms with E-state index in [0.717, 1.165) is 5.69 Å². The Balaban J connectivity index is 1.77. The van der Waals surface area contributed by atoms with Crippen LogP contribution in [0.25, 0.3) is 0 Å². The first-order valence-electron chi connectivity index (χ1n) is 8.66. The topological polar surface area (TPSA) is 85.7 Å². The van der Waals surface area contributed by atoms with E-state index in [0.29, 0.717) is 35.8 Å². The first-order valence-corrected chi connectivity index (χ1v) is 8.66. The number of ether oxygens (including phenoxy) is 2. The number of hydrogen-bond donors (Lipinski definition) is 1. The predicted molar refractivity (Wildman–Crippen MR) is 100 cm³/mol. The smallest absolute Gasteiger partial charge is 0.275 e. The lowest BCUT2D eigenvalue weighted by atomic mass is 9.85. The lowest BCUT2D eigenvalue weighted by Crippen LogP contribution is -2.66. The summed E-state index contributed by atoms with van der Waals surface area (Å²) in [7, 11) is 4.87. The minimum Gasteiger partial charge on any atom is -0.493 e. The van der Waals surface area contributed by atoms with Crippen LogP contribution in [-0.4, -0.2) is 52.8 Å². The van der Waals surface area contributed by atoms with Gasteiger partial charge in [-0.2, -0.15) is 5.10 Å². The summed E-state index contributed by atoms with van der Waals surface area (Å²) in [6.45, 7) is 4.16. The second-order valence-electron chi connectivity index (χ2n) is 6.80. The van der Waals surface area contributed by atoms with Crippen LogP contribution < -0.4 is 14.8 Å². The van der Waals surface area contributed by atoms with Gasteiger partial charge in [0.1, 0.15) is 5.54 Å². The molecule has 0 aliphatic carbocycles. The van der Waals surface area contributed by atoms with Crippen molar-refractivity contribution in [2.24, 2.45) is 7.05 Å². The first-order chi connectivity index (χ1) is 12.8. The number of amides is 2. The quantitative estimate of drug-likeness (QED) is 0.867. The van der Waals surface area contributed by atoms with Gasteiger partial charge in [-0.15, -0.1) is 0 Å². The van der Waals surface area contributed by atoms with E-state index in [2.05, 4.69) is 10.4 Å². The zero-order valence-electron chi connectivity index (χ0n) is 16.2. The van der Waals surface area contributed by atoms with Crippen molar-refractivity contribution in [2.75, 3.05) is 26.1 Å². The molecule has 1 aliphatic rings. The number of hydrogen-bond acceptors (Lipinski definition) is 5. The van der Waals surface area contributed by atoms with Crippen molar-refractivity contribution in [3.8, 4) is 11.5 Å². The van der Waals surface area contributed by atoms with Gasteiger partial charge in [0.2, 0.25) is 5.91 Å². The highest BCUT2D eigenvalue weighted by Crippen LogP contribution is 2.34. The number of methoxy groups -OCH3 is 2. The van der Waals surface area contributed by atoms with E-state index < -0.39 is 5.54 Å². The van der Waals surface area contributed by atoms with E-state index in [-0.39, 0.29) is 11.8 Å². The number of carbonyl (C=O) groups is 2. The largest absolute Gasteiger partial charge is 0.493 e. The Hall–Kier alpha value is -3.03. The van der Waals surface area contributed by atoms with Crippen molar-refractivity contribution >= 4 is 17.5 Å². The monoisotopic (exact) mass is 372 g/mol. The molecule has 1 aliphatic heterocycles. The van der Waals surface area contributed by atoms with Crippen LogP contribution in [0.15, 0.2) is 24.3 Å². The molecule has 0 bridgehead atoms. The van der Waals surface area contributed by atoms with Gasteiger partial charge in [0.05, 0.1) is 14.2 Å². The highest BCUT2D eigenvalue weighted by molar-refractivity contribution is 6.04. The van der Waals surface area contributed by atoms with Gasteiger partial charge < -0.3 is 19.7 Å². The van der Waals surface area contributed by atoms with Gasteiger partial charge in [0, 0.05) is 31.0 Å². The van der Waals surface area contributed by atoms with E-state index in [4.69, 9.17) is 9.47 Å². The number of carbonyl (C=O) groups excluding carboxylic acids is 2. The Bertz CT molecular complexity index is 872. The van der Waals surface area contributed by atoms with Crippen molar-refractivity contribution in [1.29, 1.82) is 0 Å². The molecule has 1 saturated heterocycles. The molecule has 2 aromatic rings. The van der Waals surface area contributed by atoms with Gasteiger partial charge in [-0.05, 0) is 38.5 Å². The van der Waals surface area contributed by atoms with E-state index in [1.807, 2.05) is 6.92 Å². The fraction of sp³-hybridized carbons (Fsp3) is 0.421. The minimum atomic E-state index is -0.921. The number of aromatic nitrogens is 2. The molecule has 8 nitrogen and oxygen atoms in total. The third kappa shape index (κ3) is 3.22. The maximum absolute atomic E-state index is 12.9. The van der Waals surface area contributed by atoms with Crippen LogP contribution in [0.2, 0.25) is 0 Å². The zero-order valence-corrected chi connectivity index (χ0v) is 16.2. The highest BCUT2D eigenvalue weighted by Gasteiger charge is 2.50. The summed E-state index contributed by atoms with van der Waals surface area (Å²) in [6, 6.07) is 6.87. The van der Waals surface area contributed by atoms with Crippen molar-refractivity contribution in [3.05, 3.63) is 35.7 Å². The summed E-state index contributed by atoms with van der Waals surface area (Å²) in [4.78, 5) is 27.2. The number of nitrogens with zero attached hydrogens (tertiary/aromatic N) is 3. The Morgan fingerprint density at radius 3 is 2.41 bits per heavy atom. The van der Waals surface area contributed by atoms with E-state index in [9.17, 15) is 9.59 Å². The molecular weight excluding hydrogens is 348 g/mol. The lowest BCUT2D eigenvalue weighted by molar-refractivity contribution is -0.132. The summed E-state index contributed by atoms with van der Waals surface area (Å²) in [6.07, 6.45) is 0.587. The highest BCUT2D eigenvalue weighted by atomic mass is 16.5.